The van der Waals surface area contributed by atoms with Crippen LogP contribution in [0.3, 0.4) is 0 Å². The summed E-state index contributed by atoms with van der Waals surface area (Å²) in [5, 5.41) is 5.91. The molecule has 0 spiro atoms. The van der Waals surface area contributed by atoms with Gasteiger partial charge < -0.3 is 10.3 Å². The molecule has 0 bridgehead atoms. The molecular weight excluding hydrogens is 198 g/mol. The van der Waals surface area contributed by atoms with Crippen LogP contribution in [0.5, 0.6) is 0 Å². The minimum absolute atomic E-state index is 0.542. The van der Waals surface area contributed by atoms with Gasteiger partial charge in [-0.15, -0.1) is 11.3 Å². The molecule has 2 rings (SSSR count). The largest absolute Gasteiger partial charge is 0.339 e. The van der Waals surface area contributed by atoms with Gasteiger partial charge in [0.05, 0.1) is 0 Å². The first-order chi connectivity index (χ1) is 6.88. The first kappa shape index (κ1) is 9.36. The van der Waals surface area contributed by atoms with Crippen LogP contribution in [0.2, 0.25) is 0 Å². The topological polar surface area (TPSA) is 64.9 Å². The van der Waals surface area contributed by atoms with E-state index in [1.165, 1.54) is 4.88 Å². The lowest BCUT2D eigenvalue weighted by Crippen LogP contribution is -2.02. The van der Waals surface area contributed by atoms with Crippen LogP contribution in [0.4, 0.5) is 0 Å². The number of hydrogen-bond donors (Lipinski definition) is 1. The Bertz CT molecular complexity index is 382. The van der Waals surface area contributed by atoms with Crippen LogP contribution in [0.25, 0.3) is 0 Å². The number of thiophene rings is 1. The van der Waals surface area contributed by atoms with Crippen LogP contribution >= 0.6 is 11.3 Å². The summed E-state index contributed by atoms with van der Waals surface area (Å²) >= 11 is 1.69. The Hall–Kier alpha value is -1.20. The van der Waals surface area contributed by atoms with Gasteiger partial charge in [-0.25, -0.2) is 0 Å². The first-order valence-corrected chi connectivity index (χ1v) is 5.30. The normalized spacial score (nSPS) is 10.6. The van der Waals surface area contributed by atoms with Gasteiger partial charge in [0.25, 0.3) is 0 Å². The van der Waals surface area contributed by atoms with E-state index in [-0.39, 0.29) is 0 Å². The summed E-state index contributed by atoms with van der Waals surface area (Å²) in [5.74, 6) is 1.36. The maximum absolute atomic E-state index is 5.38. The van der Waals surface area contributed by atoms with E-state index in [2.05, 4.69) is 16.2 Å². The molecule has 0 aliphatic carbocycles. The summed E-state index contributed by atoms with van der Waals surface area (Å²) in [6.07, 6.45) is 1.39. The van der Waals surface area contributed by atoms with Gasteiger partial charge in [-0.2, -0.15) is 4.98 Å². The molecule has 14 heavy (non-hydrogen) atoms. The molecule has 0 amide bonds. The fourth-order valence-electron chi connectivity index (χ4n) is 1.16. The molecule has 0 aliphatic heterocycles. The van der Waals surface area contributed by atoms with Gasteiger partial charge >= 0.3 is 0 Å². The first-order valence-electron chi connectivity index (χ1n) is 4.42. The van der Waals surface area contributed by atoms with Crippen molar-refractivity contribution in [2.45, 2.75) is 12.8 Å². The summed E-state index contributed by atoms with van der Waals surface area (Å²) in [7, 11) is 0. The van der Waals surface area contributed by atoms with E-state index in [0.717, 1.165) is 12.2 Å². The van der Waals surface area contributed by atoms with Crippen molar-refractivity contribution in [1.29, 1.82) is 0 Å². The number of hydrogen-bond acceptors (Lipinski definition) is 5. The second kappa shape index (κ2) is 4.34. The lowest BCUT2D eigenvalue weighted by atomic mass is 10.3. The smallest absolute Gasteiger partial charge is 0.227 e. The van der Waals surface area contributed by atoms with Gasteiger partial charge in [0.2, 0.25) is 5.89 Å². The standard InChI is InChI=1S/C9H11N3OS/c10-4-3-9-11-8(12-13-9)6-7-2-1-5-14-7/h1-2,5H,3-4,6,10H2. The average molecular weight is 209 g/mol. The van der Waals surface area contributed by atoms with Gasteiger partial charge in [0, 0.05) is 24.3 Å². The summed E-state index contributed by atoms with van der Waals surface area (Å²) in [6, 6.07) is 4.07. The Morgan fingerprint density at radius 1 is 1.50 bits per heavy atom. The van der Waals surface area contributed by atoms with Gasteiger partial charge in [-0.05, 0) is 11.4 Å². The van der Waals surface area contributed by atoms with Crippen LogP contribution < -0.4 is 5.73 Å². The Morgan fingerprint density at radius 3 is 3.14 bits per heavy atom. The molecule has 2 N–H and O–H groups in total. The SMILES string of the molecule is NCCc1nc(Cc2cccs2)no1. The monoisotopic (exact) mass is 209 g/mol. The van der Waals surface area contributed by atoms with Crippen molar-refractivity contribution in [3.8, 4) is 0 Å². The molecule has 0 fully saturated rings. The quantitative estimate of drug-likeness (QED) is 0.822. The highest BCUT2D eigenvalue weighted by atomic mass is 32.1. The highest BCUT2D eigenvalue weighted by Gasteiger charge is 2.06. The molecule has 4 nitrogen and oxygen atoms in total. The van der Waals surface area contributed by atoms with Crippen LogP contribution in [0.1, 0.15) is 16.6 Å². The molecule has 2 aromatic rings. The summed E-state index contributed by atoms with van der Waals surface area (Å²) in [6.45, 7) is 0.542. The Morgan fingerprint density at radius 2 is 2.43 bits per heavy atom. The maximum Gasteiger partial charge on any atom is 0.227 e. The second-order valence-electron chi connectivity index (χ2n) is 2.90. The van der Waals surface area contributed by atoms with Crippen molar-refractivity contribution in [1.82, 2.24) is 10.1 Å². The molecule has 5 heteroatoms. The van der Waals surface area contributed by atoms with E-state index in [4.69, 9.17) is 10.3 Å². The predicted octanol–water partition coefficient (Wildman–Crippen LogP) is 1.22. The minimum atomic E-state index is 0.542. The third-order valence-corrected chi connectivity index (χ3v) is 2.66. The van der Waals surface area contributed by atoms with Crippen LogP contribution in [-0.4, -0.2) is 16.7 Å². The van der Waals surface area contributed by atoms with E-state index >= 15 is 0 Å². The molecule has 0 saturated carbocycles. The van der Waals surface area contributed by atoms with E-state index in [9.17, 15) is 0 Å². The highest BCUT2D eigenvalue weighted by Crippen LogP contribution is 2.12. The number of aromatic nitrogens is 2. The lowest BCUT2D eigenvalue weighted by molar-refractivity contribution is 0.375. The molecular formula is C9H11N3OS. The van der Waals surface area contributed by atoms with Crippen molar-refractivity contribution in [2.75, 3.05) is 6.54 Å². The fraction of sp³-hybridized carbons (Fsp3) is 0.333. The number of nitrogens with zero attached hydrogens (tertiary/aromatic N) is 2. The molecule has 0 atom stereocenters. The van der Waals surface area contributed by atoms with Gasteiger partial charge in [0.1, 0.15) is 0 Å². The molecule has 0 radical (unpaired) electrons. The molecule has 0 aliphatic rings. The third kappa shape index (κ3) is 2.18. The summed E-state index contributed by atoms with van der Waals surface area (Å²) < 4.78 is 5.02. The zero-order valence-corrected chi connectivity index (χ0v) is 8.46. The fourth-order valence-corrected chi connectivity index (χ4v) is 1.86. The number of nitrogens with two attached hydrogens (primary N) is 1. The zero-order valence-electron chi connectivity index (χ0n) is 7.64. The van der Waals surface area contributed by atoms with E-state index in [1.807, 2.05) is 11.4 Å². The molecule has 0 saturated heterocycles. The molecule has 0 aromatic carbocycles. The van der Waals surface area contributed by atoms with E-state index in [1.54, 1.807) is 11.3 Å². The Labute approximate surface area is 85.7 Å². The van der Waals surface area contributed by atoms with E-state index < -0.39 is 0 Å². The number of rotatable bonds is 4. The minimum Gasteiger partial charge on any atom is -0.339 e. The van der Waals surface area contributed by atoms with Crippen molar-refractivity contribution in [3.63, 3.8) is 0 Å². The zero-order chi connectivity index (χ0) is 9.80. The Balaban J connectivity index is 2.03. The van der Waals surface area contributed by atoms with Gasteiger partial charge in [-0.1, -0.05) is 11.2 Å². The van der Waals surface area contributed by atoms with Crippen molar-refractivity contribution < 1.29 is 4.52 Å². The van der Waals surface area contributed by atoms with Crippen molar-refractivity contribution in [2.24, 2.45) is 5.73 Å². The molecule has 2 aromatic heterocycles. The average Bonchev–Trinajstić information content (AvgIpc) is 2.79. The molecule has 0 unspecified atom stereocenters. The molecule has 74 valence electrons. The second-order valence-corrected chi connectivity index (χ2v) is 3.93. The molecule has 2 heterocycles. The lowest BCUT2D eigenvalue weighted by Gasteiger charge is -1.87. The highest BCUT2D eigenvalue weighted by molar-refractivity contribution is 7.09. The summed E-state index contributed by atoms with van der Waals surface area (Å²) in [5.41, 5.74) is 5.38. The van der Waals surface area contributed by atoms with Crippen LogP contribution in [0.15, 0.2) is 22.0 Å². The third-order valence-electron chi connectivity index (χ3n) is 1.78. The Kier molecular flexibility index (Phi) is 2.90. The summed E-state index contributed by atoms with van der Waals surface area (Å²) in [4.78, 5) is 5.46. The van der Waals surface area contributed by atoms with Gasteiger partial charge in [0.15, 0.2) is 5.82 Å². The van der Waals surface area contributed by atoms with E-state index in [0.29, 0.717) is 18.9 Å². The van der Waals surface area contributed by atoms with Crippen LogP contribution in [-0.2, 0) is 12.8 Å². The van der Waals surface area contributed by atoms with Crippen LogP contribution in [0, 0.1) is 0 Å². The van der Waals surface area contributed by atoms with Crippen molar-refractivity contribution >= 4 is 11.3 Å². The maximum atomic E-state index is 5.38. The van der Waals surface area contributed by atoms with Crippen molar-refractivity contribution in [3.05, 3.63) is 34.1 Å². The van der Waals surface area contributed by atoms with Gasteiger partial charge in [-0.3, -0.25) is 0 Å². The predicted molar refractivity (Wildman–Crippen MR) is 54.2 cm³/mol.